The fourth-order valence-corrected chi connectivity index (χ4v) is 2.15. The number of hydrogen-bond donors (Lipinski definition) is 1. The summed E-state index contributed by atoms with van der Waals surface area (Å²) >= 11 is 0. The monoisotopic (exact) mass is 314 g/mol. The molecule has 4 heteroatoms. The van der Waals surface area contributed by atoms with Gasteiger partial charge in [0.25, 0.3) is 0 Å². The van der Waals surface area contributed by atoms with Gasteiger partial charge in [0.15, 0.2) is 5.78 Å². The quantitative estimate of drug-likeness (QED) is 0.586. The number of aromatic hydroxyl groups is 1. The Kier molecular flexibility index (Phi) is 6.03. The number of rotatable bonds is 8. The van der Waals surface area contributed by atoms with Crippen molar-refractivity contribution in [2.24, 2.45) is 0 Å². The predicted molar refractivity (Wildman–Crippen MR) is 89.6 cm³/mol. The molecule has 23 heavy (non-hydrogen) atoms. The van der Waals surface area contributed by atoms with Crippen LogP contribution in [0.2, 0.25) is 0 Å². The molecule has 0 heterocycles. The molecule has 0 aliphatic carbocycles. The molecule has 1 N–H and O–H groups in total. The molecule has 0 spiro atoms. The van der Waals surface area contributed by atoms with Crippen LogP contribution in [-0.2, 0) is 0 Å². The van der Waals surface area contributed by atoms with E-state index in [-0.39, 0.29) is 17.1 Å². The first-order valence-corrected chi connectivity index (χ1v) is 7.89. The maximum absolute atomic E-state index is 12.5. The number of benzene rings is 2. The molecule has 2 aromatic rings. The molecule has 0 aliphatic rings. The van der Waals surface area contributed by atoms with Crippen LogP contribution in [-0.4, -0.2) is 24.1 Å². The lowest BCUT2D eigenvalue weighted by atomic mass is 10.0. The molecule has 0 atom stereocenters. The summed E-state index contributed by atoms with van der Waals surface area (Å²) in [6.45, 7) is 5.16. The van der Waals surface area contributed by atoms with Gasteiger partial charge in [-0.3, -0.25) is 4.79 Å². The number of ketones is 1. The minimum Gasteiger partial charge on any atom is -0.507 e. The van der Waals surface area contributed by atoms with Crippen molar-refractivity contribution in [1.29, 1.82) is 0 Å². The molecule has 0 aliphatic heterocycles. The first-order valence-electron chi connectivity index (χ1n) is 7.89. The highest BCUT2D eigenvalue weighted by Gasteiger charge is 2.14. The van der Waals surface area contributed by atoms with Crippen LogP contribution in [0, 0.1) is 0 Å². The average molecular weight is 314 g/mol. The predicted octanol–water partition coefficient (Wildman–Crippen LogP) is 4.20. The second-order valence-corrected chi connectivity index (χ2v) is 5.17. The zero-order valence-electron chi connectivity index (χ0n) is 13.5. The van der Waals surface area contributed by atoms with Gasteiger partial charge in [0.2, 0.25) is 0 Å². The van der Waals surface area contributed by atoms with Gasteiger partial charge >= 0.3 is 0 Å². The molecular formula is C19H22O4. The van der Waals surface area contributed by atoms with Gasteiger partial charge in [-0.2, -0.15) is 0 Å². The van der Waals surface area contributed by atoms with Gasteiger partial charge < -0.3 is 14.6 Å². The van der Waals surface area contributed by atoms with E-state index in [9.17, 15) is 9.90 Å². The van der Waals surface area contributed by atoms with Crippen molar-refractivity contribution in [3.05, 3.63) is 53.6 Å². The summed E-state index contributed by atoms with van der Waals surface area (Å²) in [5.74, 6) is 0.982. The molecule has 4 nitrogen and oxygen atoms in total. The summed E-state index contributed by atoms with van der Waals surface area (Å²) in [6, 6.07) is 11.7. The maximum Gasteiger partial charge on any atom is 0.196 e. The first-order chi connectivity index (χ1) is 11.2. The lowest BCUT2D eigenvalue weighted by Gasteiger charge is -2.09. The van der Waals surface area contributed by atoms with E-state index in [1.165, 1.54) is 6.07 Å². The van der Waals surface area contributed by atoms with Crippen LogP contribution >= 0.6 is 0 Å². The molecule has 2 rings (SSSR count). The Morgan fingerprint density at radius 1 is 1.00 bits per heavy atom. The lowest BCUT2D eigenvalue weighted by molar-refractivity contribution is 0.103. The number of phenols is 1. The van der Waals surface area contributed by atoms with Crippen LogP contribution in [0.4, 0.5) is 0 Å². The molecule has 0 bridgehead atoms. The summed E-state index contributed by atoms with van der Waals surface area (Å²) in [6.07, 6.45) is 1.99. The van der Waals surface area contributed by atoms with Crippen LogP contribution in [0.5, 0.6) is 17.2 Å². The van der Waals surface area contributed by atoms with E-state index in [4.69, 9.17) is 9.47 Å². The van der Waals surface area contributed by atoms with Crippen LogP contribution in [0.3, 0.4) is 0 Å². The molecule has 0 aromatic heterocycles. The molecule has 0 unspecified atom stereocenters. The van der Waals surface area contributed by atoms with Gasteiger partial charge in [0.05, 0.1) is 18.8 Å². The van der Waals surface area contributed by atoms with Crippen LogP contribution < -0.4 is 9.47 Å². The molecule has 0 radical (unpaired) electrons. The Hall–Kier alpha value is -2.49. The smallest absolute Gasteiger partial charge is 0.196 e. The number of phenolic OH excluding ortho intramolecular Hbond substituents is 1. The van der Waals surface area contributed by atoms with E-state index in [0.29, 0.717) is 30.3 Å². The van der Waals surface area contributed by atoms with Gasteiger partial charge in [0, 0.05) is 11.6 Å². The highest BCUT2D eigenvalue weighted by Crippen LogP contribution is 2.26. The standard InChI is InChI=1S/C19H22O4/c1-3-5-12-23-16-10-11-17(18(20)13-16)19(21)14-6-8-15(9-7-14)22-4-2/h6-11,13,20H,3-5,12H2,1-2H3. The van der Waals surface area contributed by atoms with Crippen molar-refractivity contribution in [3.8, 4) is 17.2 Å². The van der Waals surface area contributed by atoms with Crippen LogP contribution in [0.25, 0.3) is 0 Å². The zero-order valence-corrected chi connectivity index (χ0v) is 13.5. The molecule has 0 saturated carbocycles. The summed E-state index contributed by atoms with van der Waals surface area (Å²) < 4.78 is 10.9. The van der Waals surface area contributed by atoms with Gasteiger partial charge in [0.1, 0.15) is 17.2 Å². The Morgan fingerprint density at radius 2 is 1.70 bits per heavy atom. The van der Waals surface area contributed by atoms with E-state index in [1.807, 2.05) is 6.92 Å². The number of carbonyl (C=O) groups is 1. The Balaban J connectivity index is 2.12. The zero-order chi connectivity index (χ0) is 16.7. The highest BCUT2D eigenvalue weighted by molar-refractivity contribution is 6.10. The third-order valence-corrected chi connectivity index (χ3v) is 3.41. The molecule has 0 fully saturated rings. The van der Waals surface area contributed by atoms with Gasteiger partial charge in [-0.05, 0) is 49.7 Å². The van der Waals surface area contributed by atoms with Crippen molar-refractivity contribution in [3.63, 3.8) is 0 Å². The second-order valence-electron chi connectivity index (χ2n) is 5.17. The van der Waals surface area contributed by atoms with E-state index in [1.54, 1.807) is 36.4 Å². The molecule has 0 saturated heterocycles. The van der Waals surface area contributed by atoms with Gasteiger partial charge in [-0.25, -0.2) is 0 Å². The second kappa shape index (κ2) is 8.22. The van der Waals surface area contributed by atoms with Gasteiger partial charge in [-0.1, -0.05) is 13.3 Å². The van der Waals surface area contributed by atoms with Crippen molar-refractivity contribution in [2.45, 2.75) is 26.7 Å². The third kappa shape index (κ3) is 4.49. The average Bonchev–Trinajstić information content (AvgIpc) is 2.56. The fraction of sp³-hybridized carbons (Fsp3) is 0.316. The largest absolute Gasteiger partial charge is 0.507 e. The van der Waals surface area contributed by atoms with E-state index >= 15 is 0 Å². The normalized spacial score (nSPS) is 10.3. The van der Waals surface area contributed by atoms with E-state index in [2.05, 4.69) is 6.92 Å². The van der Waals surface area contributed by atoms with Crippen LogP contribution in [0.15, 0.2) is 42.5 Å². The van der Waals surface area contributed by atoms with E-state index < -0.39 is 0 Å². The third-order valence-electron chi connectivity index (χ3n) is 3.41. The van der Waals surface area contributed by atoms with Crippen molar-refractivity contribution in [2.75, 3.05) is 13.2 Å². The number of hydrogen-bond acceptors (Lipinski definition) is 4. The lowest BCUT2D eigenvalue weighted by Crippen LogP contribution is -2.03. The van der Waals surface area contributed by atoms with Crippen LogP contribution in [0.1, 0.15) is 42.6 Å². The van der Waals surface area contributed by atoms with Crippen molar-refractivity contribution < 1.29 is 19.4 Å². The first kappa shape index (κ1) is 16.9. The Bertz CT molecular complexity index is 647. The van der Waals surface area contributed by atoms with Crippen molar-refractivity contribution in [1.82, 2.24) is 0 Å². The number of unbranched alkanes of at least 4 members (excludes halogenated alkanes) is 1. The summed E-state index contributed by atoms with van der Waals surface area (Å²) in [7, 11) is 0. The molecular weight excluding hydrogens is 292 g/mol. The number of ether oxygens (including phenoxy) is 2. The minimum atomic E-state index is -0.231. The number of carbonyl (C=O) groups excluding carboxylic acids is 1. The van der Waals surface area contributed by atoms with Gasteiger partial charge in [-0.15, -0.1) is 0 Å². The minimum absolute atomic E-state index is 0.0714. The molecule has 122 valence electrons. The highest BCUT2D eigenvalue weighted by atomic mass is 16.5. The topological polar surface area (TPSA) is 55.8 Å². The molecule has 0 amide bonds. The Labute approximate surface area is 136 Å². The summed E-state index contributed by atoms with van der Waals surface area (Å²) in [5.41, 5.74) is 0.764. The Morgan fingerprint density at radius 3 is 2.30 bits per heavy atom. The SMILES string of the molecule is CCCCOc1ccc(C(=O)c2ccc(OCC)cc2)c(O)c1. The summed E-state index contributed by atoms with van der Waals surface area (Å²) in [4.78, 5) is 12.5. The maximum atomic E-state index is 12.5. The van der Waals surface area contributed by atoms with E-state index in [0.717, 1.165) is 12.8 Å². The summed E-state index contributed by atoms with van der Waals surface area (Å²) in [5, 5.41) is 10.1. The van der Waals surface area contributed by atoms with Crippen molar-refractivity contribution >= 4 is 5.78 Å². The fourth-order valence-electron chi connectivity index (χ4n) is 2.15. The molecule has 2 aromatic carbocycles.